The first-order valence-corrected chi connectivity index (χ1v) is 10.7. The molecule has 0 heterocycles. The second-order valence-corrected chi connectivity index (χ2v) is 8.49. The highest BCUT2D eigenvalue weighted by atomic mass is 16.3. The molecule has 1 fully saturated rings. The monoisotopic (exact) mass is 394 g/mol. The molecule has 1 aliphatic rings. The standard InChI is InChI=1S/C25H34N2O2/c1-5-27(6-2)21(15-19-12-13-23(28)18(3)14-19)17-26-24(29)22-16-25(22,4)20-10-8-7-9-11-20/h7-14,21-22,28H,5-6,15-17H2,1-4H3,(H,26,29)/t21-,22-,25+/m0/s1. The van der Waals surface area contributed by atoms with Gasteiger partial charge in [-0.1, -0.05) is 63.2 Å². The number of aryl methyl sites for hydroxylation is 1. The van der Waals surface area contributed by atoms with Crippen LogP contribution in [0.15, 0.2) is 48.5 Å². The minimum Gasteiger partial charge on any atom is -0.508 e. The molecule has 4 nitrogen and oxygen atoms in total. The number of nitrogens with zero attached hydrogens (tertiary/aromatic N) is 1. The fourth-order valence-corrected chi connectivity index (χ4v) is 4.41. The van der Waals surface area contributed by atoms with Gasteiger partial charge in [0.05, 0.1) is 0 Å². The average molecular weight is 395 g/mol. The lowest BCUT2D eigenvalue weighted by Crippen LogP contribution is -2.45. The molecule has 0 bridgehead atoms. The molecule has 2 aromatic rings. The molecule has 3 rings (SSSR count). The van der Waals surface area contributed by atoms with Gasteiger partial charge in [0.1, 0.15) is 5.75 Å². The Balaban J connectivity index is 1.64. The van der Waals surface area contributed by atoms with Crippen molar-refractivity contribution in [2.45, 2.75) is 52.0 Å². The number of hydrogen-bond acceptors (Lipinski definition) is 3. The number of phenolic OH excluding ortho intramolecular Hbond substituents is 1. The molecular formula is C25H34N2O2. The minimum absolute atomic E-state index is 0.0376. The summed E-state index contributed by atoms with van der Waals surface area (Å²) in [7, 11) is 0. The third-order valence-corrected chi connectivity index (χ3v) is 6.56. The second kappa shape index (κ2) is 9.00. The molecule has 2 N–H and O–H groups in total. The van der Waals surface area contributed by atoms with Crippen molar-refractivity contribution in [3.05, 3.63) is 65.2 Å². The number of hydrogen-bond donors (Lipinski definition) is 2. The van der Waals surface area contributed by atoms with Crippen molar-refractivity contribution in [1.82, 2.24) is 10.2 Å². The number of rotatable bonds is 9. The molecule has 2 aromatic carbocycles. The largest absolute Gasteiger partial charge is 0.508 e. The first-order chi connectivity index (χ1) is 13.9. The van der Waals surface area contributed by atoms with Gasteiger partial charge in [-0.05, 0) is 55.6 Å². The zero-order valence-corrected chi connectivity index (χ0v) is 18.1. The van der Waals surface area contributed by atoms with E-state index in [2.05, 4.69) is 43.1 Å². The molecule has 0 aromatic heterocycles. The van der Waals surface area contributed by atoms with Crippen molar-refractivity contribution in [3.8, 4) is 5.75 Å². The van der Waals surface area contributed by atoms with Crippen LogP contribution in [-0.4, -0.2) is 41.6 Å². The topological polar surface area (TPSA) is 52.6 Å². The Morgan fingerprint density at radius 1 is 1.21 bits per heavy atom. The van der Waals surface area contributed by atoms with Gasteiger partial charge in [-0.2, -0.15) is 0 Å². The number of amides is 1. The first kappa shape index (κ1) is 21.4. The SMILES string of the molecule is CCN(CC)[C@H](CNC(=O)[C@@H]1C[C@]1(C)c1ccccc1)Cc1ccc(O)c(C)c1. The molecule has 29 heavy (non-hydrogen) atoms. The number of likely N-dealkylation sites (N-methyl/N-ethyl adjacent to an activating group) is 1. The molecule has 0 spiro atoms. The van der Waals surface area contributed by atoms with Crippen molar-refractivity contribution in [1.29, 1.82) is 0 Å². The predicted molar refractivity (Wildman–Crippen MR) is 118 cm³/mol. The third kappa shape index (κ3) is 4.81. The number of phenols is 1. The van der Waals surface area contributed by atoms with E-state index in [-0.39, 0.29) is 23.3 Å². The molecular weight excluding hydrogens is 360 g/mol. The Morgan fingerprint density at radius 3 is 2.52 bits per heavy atom. The molecule has 1 aliphatic carbocycles. The van der Waals surface area contributed by atoms with E-state index in [0.29, 0.717) is 12.3 Å². The predicted octanol–water partition coefficient (Wildman–Crippen LogP) is 4.05. The van der Waals surface area contributed by atoms with Gasteiger partial charge in [0.15, 0.2) is 0 Å². The van der Waals surface area contributed by atoms with Gasteiger partial charge in [-0.15, -0.1) is 0 Å². The lowest BCUT2D eigenvalue weighted by Gasteiger charge is -2.30. The number of aromatic hydroxyl groups is 1. The van der Waals surface area contributed by atoms with Crippen LogP contribution in [0.3, 0.4) is 0 Å². The van der Waals surface area contributed by atoms with Gasteiger partial charge in [0.25, 0.3) is 0 Å². The Labute approximate surface area is 174 Å². The van der Waals surface area contributed by atoms with E-state index in [1.165, 1.54) is 11.1 Å². The van der Waals surface area contributed by atoms with Crippen molar-refractivity contribution < 1.29 is 9.90 Å². The van der Waals surface area contributed by atoms with Crippen molar-refractivity contribution in [2.24, 2.45) is 5.92 Å². The van der Waals surface area contributed by atoms with E-state index in [9.17, 15) is 9.90 Å². The van der Waals surface area contributed by atoms with Crippen LogP contribution in [0.4, 0.5) is 0 Å². The van der Waals surface area contributed by atoms with Crippen LogP contribution in [0.25, 0.3) is 0 Å². The van der Waals surface area contributed by atoms with Gasteiger partial charge in [-0.25, -0.2) is 0 Å². The Hall–Kier alpha value is -2.33. The highest BCUT2D eigenvalue weighted by molar-refractivity contribution is 5.84. The molecule has 0 unspecified atom stereocenters. The van der Waals surface area contributed by atoms with E-state index >= 15 is 0 Å². The molecule has 4 heteroatoms. The smallest absolute Gasteiger partial charge is 0.224 e. The summed E-state index contributed by atoms with van der Waals surface area (Å²) in [5.74, 6) is 0.545. The third-order valence-electron chi connectivity index (χ3n) is 6.56. The Kier molecular flexibility index (Phi) is 6.63. The lowest BCUT2D eigenvalue weighted by molar-refractivity contribution is -0.123. The number of carbonyl (C=O) groups is 1. The van der Waals surface area contributed by atoms with Crippen LogP contribution >= 0.6 is 0 Å². The van der Waals surface area contributed by atoms with Gasteiger partial charge in [0, 0.05) is 23.9 Å². The summed E-state index contributed by atoms with van der Waals surface area (Å²) in [6, 6.07) is 16.4. The summed E-state index contributed by atoms with van der Waals surface area (Å²) in [5, 5.41) is 13.0. The zero-order chi connectivity index (χ0) is 21.0. The van der Waals surface area contributed by atoms with E-state index in [4.69, 9.17) is 0 Å². The second-order valence-electron chi connectivity index (χ2n) is 8.49. The van der Waals surface area contributed by atoms with Crippen molar-refractivity contribution in [2.75, 3.05) is 19.6 Å². The molecule has 0 aliphatic heterocycles. The molecule has 3 atom stereocenters. The maximum atomic E-state index is 12.9. The maximum absolute atomic E-state index is 12.9. The minimum atomic E-state index is -0.0376. The van der Waals surface area contributed by atoms with E-state index in [0.717, 1.165) is 31.5 Å². The molecule has 1 amide bonds. The summed E-state index contributed by atoms with van der Waals surface area (Å²) >= 11 is 0. The van der Waals surface area contributed by atoms with Crippen LogP contribution in [-0.2, 0) is 16.6 Å². The normalized spacial score (nSPS) is 21.8. The van der Waals surface area contributed by atoms with E-state index in [1.807, 2.05) is 37.3 Å². The quantitative estimate of drug-likeness (QED) is 0.675. The lowest BCUT2D eigenvalue weighted by atomic mass is 9.95. The van der Waals surface area contributed by atoms with Gasteiger partial charge >= 0.3 is 0 Å². The first-order valence-electron chi connectivity index (χ1n) is 10.7. The van der Waals surface area contributed by atoms with Crippen LogP contribution in [0.2, 0.25) is 0 Å². The summed E-state index contributed by atoms with van der Waals surface area (Å²) < 4.78 is 0. The van der Waals surface area contributed by atoms with Crippen LogP contribution in [0.5, 0.6) is 5.75 Å². The Morgan fingerprint density at radius 2 is 1.90 bits per heavy atom. The highest BCUT2D eigenvalue weighted by Gasteiger charge is 2.55. The van der Waals surface area contributed by atoms with Gasteiger partial charge < -0.3 is 10.4 Å². The number of carbonyl (C=O) groups excluding carboxylic acids is 1. The zero-order valence-electron chi connectivity index (χ0n) is 18.1. The fraction of sp³-hybridized carbons (Fsp3) is 0.480. The van der Waals surface area contributed by atoms with Crippen molar-refractivity contribution in [3.63, 3.8) is 0 Å². The van der Waals surface area contributed by atoms with Crippen LogP contribution < -0.4 is 5.32 Å². The van der Waals surface area contributed by atoms with Gasteiger partial charge in [-0.3, -0.25) is 9.69 Å². The number of nitrogens with one attached hydrogen (secondary N) is 1. The van der Waals surface area contributed by atoms with Crippen LogP contribution in [0, 0.1) is 12.8 Å². The Bertz CT molecular complexity index is 832. The van der Waals surface area contributed by atoms with E-state index in [1.54, 1.807) is 6.07 Å². The molecule has 0 radical (unpaired) electrons. The summed E-state index contributed by atoms with van der Waals surface area (Å²) in [6.45, 7) is 11.0. The van der Waals surface area contributed by atoms with Crippen molar-refractivity contribution >= 4 is 5.91 Å². The average Bonchev–Trinajstić information content (AvgIpc) is 3.43. The molecule has 156 valence electrons. The van der Waals surface area contributed by atoms with Gasteiger partial charge in [0.2, 0.25) is 5.91 Å². The van der Waals surface area contributed by atoms with Crippen LogP contribution in [0.1, 0.15) is 43.9 Å². The molecule has 1 saturated carbocycles. The molecule has 0 saturated heterocycles. The summed E-state index contributed by atoms with van der Waals surface area (Å²) in [4.78, 5) is 15.3. The maximum Gasteiger partial charge on any atom is 0.224 e. The fourth-order valence-electron chi connectivity index (χ4n) is 4.41. The summed E-state index contributed by atoms with van der Waals surface area (Å²) in [6.07, 6.45) is 1.76. The van der Waals surface area contributed by atoms with E-state index < -0.39 is 0 Å². The number of benzene rings is 2. The summed E-state index contributed by atoms with van der Waals surface area (Å²) in [5.41, 5.74) is 3.29. The highest BCUT2D eigenvalue weighted by Crippen LogP contribution is 2.53.